The molecule has 0 atom stereocenters. The second-order valence-corrected chi connectivity index (χ2v) is 5.51. The predicted molar refractivity (Wildman–Crippen MR) is 81.7 cm³/mol. The van der Waals surface area contributed by atoms with Crippen LogP contribution < -0.4 is 0 Å². The first-order chi connectivity index (χ1) is 10.6. The average Bonchev–Trinajstić information content (AvgIpc) is 2.54. The summed E-state index contributed by atoms with van der Waals surface area (Å²) in [6.07, 6.45) is 0. The molecule has 0 spiro atoms. The van der Waals surface area contributed by atoms with Crippen LogP contribution in [0.1, 0.15) is 10.4 Å². The third kappa shape index (κ3) is 4.64. The van der Waals surface area contributed by atoms with Gasteiger partial charge in [-0.1, -0.05) is 11.6 Å². The van der Waals surface area contributed by atoms with E-state index in [1.165, 1.54) is 17.0 Å². The molecule has 0 bridgehead atoms. The smallest absolute Gasteiger partial charge is 0.254 e. The first kappa shape index (κ1) is 17.1. The van der Waals surface area contributed by atoms with E-state index in [1.807, 2.05) is 0 Å². The number of morpholine rings is 1. The van der Waals surface area contributed by atoms with Crippen molar-refractivity contribution in [3.63, 3.8) is 0 Å². The number of nitrogens with zero attached hydrogens (tertiary/aromatic N) is 2. The van der Waals surface area contributed by atoms with Gasteiger partial charge >= 0.3 is 0 Å². The number of carbonyl (C=O) groups is 1. The quantitative estimate of drug-likeness (QED) is 0.853. The van der Waals surface area contributed by atoms with E-state index in [0.717, 1.165) is 19.2 Å². The van der Waals surface area contributed by atoms with E-state index in [2.05, 4.69) is 4.90 Å². The fraction of sp³-hybridized carbons (Fsp3) is 0.533. The van der Waals surface area contributed by atoms with Gasteiger partial charge in [0.1, 0.15) is 5.82 Å². The molecule has 1 fully saturated rings. The molecule has 0 aromatic heterocycles. The molecule has 1 aromatic rings. The van der Waals surface area contributed by atoms with Gasteiger partial charge in [-0.3, -0.25) is 9.69 Å². The van der Waals surface area contributed by atoms with Crippen LogP contribution in [0.4, 0.5) is 4.39 Å². The lowest BCUT2D eigenvalue weighted by Gasteiger charge is -2.30. The van der Waals surface area contributed by atoms with Crippen molar-refractivity contribution in [2.45, 2.75) is 0 Å². The highest BCUT2D eigenvalue weighted by Gasteiger charge is 2.18. The molecular weight excluding hydrogens is 311 g/mol. The summed E-state index contributed by atoms with van der Waals surface area (Å²) in [4.78, 5) is 16.2. The van der Waals surface area contributed by atoms with Gasteiger partial charge in [0.15, 0.2) is 0 Å². The van der Waals surface area contributed by atoms with Gasteiger partial charge in [-0.2, -0.15) is 0 Å². The van der Waals surface area contributed by atoms with Gasteiger partial charge in [-0.25, -0.2) is 4.39 Å². The fourth-order valence-electron chi connectivity index (χ4n) is 2.33. The van der Waals surface area contributed by atoms with Crippen LogP contribution in [-0.4, -0.2) is 73.4 Å². The molecule has 1 aliphatic rings. The molecule has 0 radical (unpaired) electrons. The molecule has 7 heteroatoms. The van der Waals surface area contributed by atoms with Gasteiger partial charge in [0.25, 0.3) is 5.91 Å². The monoisotopic (exact) mass is 330 g/mol. The Morgan fingerprint density at radius 2 is 2.09 bits per heavy atom. The second-order valence-electron chi connectivity index (χ2n) is 5.10. The number of aliphatic hydroxyl groups is 1. The third-order valence-corrected chi connectivity index (χ3v) is 3.92. The topological polar surface area (TPSA) is 53.0 Å². The number of ether oxygens (including phenoxy) is 1. The Morgan fingerprint density at radius 1 is 1.36 bits per heavy atom. The number of hydrogen-bond acceptors (Lipinski definition) is 4. The van der Waals surface area contributed by atoms with Crippen LogP contribution >= 0.6 is 11.6 Å². The molecule has 0 unspecified atom stereocenters. The van der Waals surface area contributed by atoms with E-state index < -0.39 is 5.82 Å². The Morgan fingerprint density at radius 3 is 2.73 bits per heavy atom. The molecule has 1 N–H and O–H groups in total. The van der Waals surface area contributed by atoms with Crippen LogP contribution in [-0.2, 0) is 4.74 Å². The standard InChI is InChI=1S/C15H20ClFN2O3/c16-13-2-1-12(11-14(13)17)15(21)19(5-8-20)4-3-18-6-9-22-10-7-18/h1-2,11,20H,3-10H2. The summed E-state index contributed by atoms with van der Waals surface area (Å²) in [6.45, 7) is 4.30. The maximum Gasteiger partial charge on any atom is 0.254 e. The molecule has 2 rings (SSSR count). The van der Waals surface area contributed by atoms with Crippen LogP contribution in [0.2, 0.25) is 5.02 Å². The molecule has 0 aliphatic carbocycles. The molecule has 1 aromatic carbocycles. The van der Waals surface area contributed by atoms with Crippen molar-refractivity contribution in [3.05, 3.63) is 34.6 Å². The molecule has 22 heavy (non-hydrogen) atoms. The molecule has 1 heterocycles. The minimum atomic E-state index is -0.621. The summed E-state index contributed by atoms with van der Waals surface area (Å²) in [7, 11) is 0. The van der Waals surface area contributed by atoms with Gasteiger partial charge in [0.2, 0.25) is 0 Å². The zero-order valence-electron chi connectivity index (χ0n) is 12.3. The van der Waals surface area contributed by atoms with Crippen LogP contribution in [0.3, 0.4) is 0 Å². The first-order valence-electron chi connectivity index (χ1n) is 7.27. The molecule has 1 aliphatic heterocycles. The lowest BCUT2D eigenvalue weighted by molar-refractivity contribution is 0.0315. The van der Waals surface area contributed by atoms with Crippen LogP contribution in [0.15, 0.2) is 18.2 Å². The maximum absolute atomic E-state index is 13.5. The van der Waals surface area contributed by atoms with E-state index in [4.69, 9.17) is 21.4 Å². The first-order valence-corrected chi connectivity index (χ1v) is 7.65. The van der Waals surface area contributed by atoms with E-state index in [1.54, 1.807) is 0 Å². The highest BCUT2D eigenvalue weighted by Crippen LogP contribution is 2.16. The van der Waals surface area contributed by atoms with Crippen molar-refractivity contribution in [3.8, 4) is 0 Å². The van der Waals surface area contributed by atoms with Gasteiger partial charge in [0, 0.05) is 38.3 Å². The largest absolute Gasteiger partial charge is 0.395 e. The Balaban J connectivity index is 1.99. The summed E-state index contributed by atoms with van der Waals surface area (Å²) >= 11 is 5.63. The number of aliphatic hydroxyl groups excluding tert-OH is 1. The van der Waals surface area contributed by atoms with E-state index in [9.17, 15) is 9.18 Å². The lowest BCUT2D eigenvalue weighted by Crippen LogP contribution is -2.43. The maximum atomic E-state index is 13.5. The summed E-state index contributed by atoms with van der Waals surface area (Å²) in [5, 5.41) is 9.13. The van der Waals surface area contributed by atoms with E-state index in [0.29, 0.717) is 26.3 Å². The lowest BCUT2D eigenvalue weighted by atomic mass is 10.2. The summed E-state index contributed by atoms with van der Waals surface area (Å²) in [5.74, 6) is -0.928. The summed E-state index contributed by atoms with van der Waals surface area (Å²) < 4.78 is 18.8. The van der Waals surface area contributed by atoms with Gasteiger partial charge in [-0.05, 0) is 18.2 Å². The minimum absolute atomic E-state index is 0.0152. The number of carbonyl (C=O) groups excluding carboxylic acids is 1. The predicted octanol–water partition coefficient (Wildman–Crippen LogP) is 1.25. The zero-order valence-corrected chi connectivity index (χ0v) is 13.1. The van der Waals surface area contributed by atoms with Crippen molar-refractivity contribution in [2.75, 3.05) is 52.5 Å². The molecule has 1 amide bonds. The molecule has 1 saturated heterocycles. The molecule has 5 nitrogen and oxygen atoms in total. The van der Waals surface area contributed by atoms with E-state index >= 15 is 0 Å². The second kappa shape index (κ2) is 8.43. The van der Waals surface area contributed by atoms with Crippen LogP contribution in [0, 0.1) is 5.82 Å². The molecular formula is C15H20ClFN2O3. The number of hydrogen-bond donors (Lipinski definition) is 1. The highest BCUT2D eigenvalue weighted by molar-refractivity contribution is 6.30. The summed E-state index contributed by atoms with van der Waals surface area (Å²) in [5.41, 5.74) is 0.234. The van der Waals surface area contributed by atoms with Gasteiger partial charge in [0.05, 0.1) is 24.8 Å². The van der Waals surface area contributed by atoms with Crippen molar-refractivity contribution in [1.82, 2.24) is 9.80 Å². The fourth-order valence-corrected chi connectivity index (χ4v) is 2.45. The SMILES string of the molecule is O=C(c1ccc(Cl)c(F)c1)N(CCO)CCN1CCOCC1. The third-order valence-electron chi connectivity index (χ3n) is 3.61. The Bertz CT molecular complexity index is 510. The van der Waals surface area contributed by atoms with Crippen molar-refractivity contribution >= 4 is 17.5 Å². The Kier molecular flexibility index (Phi) is 6.57. The Hall–Kier alpha value is -1.21. The van der Waals surface area contributed by atoms with Crippen molar-refractivity contribution in [2.24, 2.45) is 0 Å². The summed E-state index contributed by atoms with van der Waals surface area (Å²) in [6, 6.07) is 3.99. The van der Waals surface area contributed by atoms with Crippen molar-refractivity contribution < 1.29 is 19.0 Å². The normalized spacial score (nSPS) is 15.8. The molecule has 122 valence electrons. The zero-order chi connectivity index (χ0) is 15.9. The number of benzene rings is 1. The average molecular weight is 331 g/mol. The van der Waals surface area contributed by atoms with Crippen molar-refractivity contribution in [1.29, 1.82) is 0 Å². The van der Waals surface area contributed by atoms with Crippen LogP contribution in [0.25, 0.3) is 0 Å². The highest BCUT2D eigenvalue weighted by atomic mass is 35.5. The number of halogens is 2. The van der Waals surface area contributed by atoms with E-state index in [-0.39, 0.29) is 29.6 Å². The van der Waals surface area contributed by atoms with Crippen LogP contribution in [0.5, 0.6) is 0 Å². The molecule has 0 saturated carbocycles. The number of amides is 1. The van der Waals surface area contributed by atoms with Gasteiger partial charge in [-0.15, -0.1) is 0 Å². The Labute approximate surface area is 134 Å². The number of rotatable bonds is 6. The van der Waals surface area contributed by atoms with Gasteiger partial charge < -0.3 is 14.7 Å². The minimum Gasteiger partial charge on any atom is -0.395 e.